The first-order chi connectivity index (χ1) is 8.25. The van der Waals surface area contributed by atoms with Gasteiger partial charge in [-0.2, -0.15) is 0 Å². The van der Waals surface area contributed by atoms with Crippen LogP contribution < -0.4 is 10.2 Å². The van der Waals surface area contributed by atoms with Gasteiger partial charge >= 0.3 is 0 Å². The van der Waals surface area contributed by atoms with Crippen molar-refractivity contribution in [1.29, 1.82) is 0 Å². The zero-order chi connectivity index (χ0) is 12.1. The van der Waals surface area contributed by atoms with E-state index < -0.39 is 0 Å². The van der Waals surface area contributed by atoms with Gasteiger partial charge in [-0.15, -0.1) is 0 Å². The molecule has 0 aromatic carbocycles. The number of ether oxygens (including phenoxy) is 1. The van der Waals surface area contributed by atoms with Gasteiger partial charge in [-0.25, -0.2) is 9.97 Å². The zero-order valence-corrected chi connectivity index (χ0v) is 10.5. The molecule has 94 valence electrons. The van der Waals surface area contributed by atoms with Crippen molar-refractivity contribution in [3.8, 4) is 0 Å². The van der Waals surface area contributed by atoms with Gasteiger partial charge in [0.1, 0.15) is 18.0 Å². The number of hydrogen-bond donors (Lipinski definition) is 1. The average Bonchev–Trinajstić information content (AvgIpc) is 2.38. The molecule has 0 aliphatic carbocycles. The molecular weight excluding hydrogens is 216 g/mol. The SMILES string of the molecule is CN(C)c1cc(NCC2CCOCC2)ncn1. The number of hydrogen-bond acceptors (Lipinski definition) is 5. The topological polar surface area (TPSA) is 50.3 Å². The van der Waals surface area contributed by atoms with E-state index in [9.17, 15) is 0 Å². The van der Waals surface area contributed by atoms with Gasteiger partial charge in [-0.1, -0.05) is 0 Å². The number of nitrogens with zero attached hydrogens (tertiary/aromatic N) is 3. The smallest absolute Gasteiger partial charge is 0.133 e. The maximum Gasteiger partial charge on any atom is 0.133 e. The van der Waals surface area contributed by atoms with E-state index in [0.29, 0.717) is 5.92 Å². The van der Waals surface area contributed by atoms with Gasteiger partial charge in [0.25, 0.3) is 0 Å². The summed E-state index contributed by atoms with van der Waals surface area (Å²) in [5, 5.41) is 3.38. The van der Waals surface area contributed by atoms with Crippen LogP contribution in [0.25, 0.3) is 0 Å². The van der Waals surface area contributed by atoms with Crippen LogP contribution >= 0.6 is 0 Å². The lowest BCUT2D eigenvalue weighted by molar-refractivity contribution is 0.0699. The Balaban J connectivity index is 1.87. The molecule has 0 radical (unpaired) electrons. The van der Waals surface area contributed by atoms with Crippen LogP contribution in [0.1, 0.15) is 12.8 Å². The van der Waals surface area contributed by atoms with Crippen LogP contribution in [0.3, 0.4) is 0 Å². The van der Waals surface area contributed by atoms with Crippen molar-refractivity contribution in [2.24, 2.45) is 5.92 Å². The second-order valence-electron chi connectivity index (χ2n) is 4.59. The third kappa shape index (κ3) is 3.56. The Morgan fingerprint density at radius 2 is 2.12 bits per heavy atom. The minimum atomic E-state index is 0.696. The van der Waals surface area contributed by atoms with Gasteiger partial charge in [-0.05, 0) is 18.8 Å². The van der Waals surface area contributed by atoms with Crippen molar-refractivity contribution in [2.75, 3.05) is 44.1 Å². The van der Waals surface area contributed by atoms with Crippen molar-refractivity contribution in [3.63, 3.8) is 0 Å². The predicted octanol–water partition coefficient (Wildman–Crippen LogP) is 1.38. The summed E-state index contributed by atoms with van der Waals surface area (Å²) in [6, 6.07) is 1.97. The first kappa shape index (κ1) is 12.1. The zero-order valence-electron chi connectivity index (χ0n) is 10.5. The van der Waals surface area contributed by atoms with Gasteiger partial charge in [0.15, 0.2) is 0 Å². The molecule has 1 aromatic rings. The summed E-state index contributed by atoms with van der Waals surface area (Å²) >= 11 is 0. The van der Waals surface area contributed by atoms with Gasteiger partial charge < -0.3 is 15.0 Å². The highest BCUT2D eigenvalue weighted by molar-refractivity contribution is 5.47. The maximum atomic E-state index is 5.34. The molecule has 1 aliphatic rings. The van der Waals surface area contributed by atoms with Crippen LogP contribution in [0.2, 0.25) is 0 Å². The van der Waals surface area contributed by atoms with E-state index in [1.165, 1.54) is 0 Å². The fourth-order valence-corrected chi connectivity index (χ4v) is 1.89. The lowest BCUT2D eigenvalue weighted by Gasteiger charge is -2.22. The highest BCUT2D eigenvalue weighted by Gasteiger charge is 2.13. The molecule has 17 heavy (non-hydrogen) atoms. The molecule has 0 spiro atoms. The van der Waals surface area contributed by atoms with Crippen LogP contribution in [-0.2, 0) is 4.74 Å². The number of nitrogens with one attached hydrogen (secondary N) is 1. The first-order valence-electron chi connectivity index (χ1n) is 6.06. The summed E-state index contributed by atoms with van der Waals surface area (Å²) in [6.45, 7) is 2.74. The number of rotatable bonds is 4. The lowest BCUT2D eigenvalue weighted by Crippen LogP contribution is -2.23. The van der Waals surface area contributed by atoms with E-state index in [2.05, 4.69) is 15.3 Å². The molecule has 1 aliphatic heterocycles. The van der Waals surface area contributed by atoms with Crippen LogP contribution in [0.5, 0.6) is 0 Å². The van der Waals surface area contributed by atoms with E-state index in [1.807, 2.05) is 25.1 Å². The molecule has 2 heterocycles. The molecular formula is C12H20N4O. The Labute approximate surface area is 102 Å². The first-order valence-corrected chi connectivity index (χ1v) is 6.06. The second kappa shape index (κ2) is 5.82. The van der Waals surface area contributed by atoms with Crippen LogP contribution in [0.4, 0.5) is 11.6 Å². The Kier molecular flexibility index (Phi) is 4.14. The molecule has 1 N–H and O–H groups in total. The van der Waals surface area contributed by atoms with Crippen molar-refractivity contribution in [1.82, 2.24) is 9.97 Å². The maximum absolute atomic E-state index is 5.34. The molecule has 0 atom stereocenters. The van der Waals surface area contributed by atoms with Gasteiger partial charge in [0.2, 0.25) is 0 Å². The minimum absolute atomic E-state index is 0.696. The molecule has 1 fully saturated rings. The van der Waals surface area contributed by atoms with Crippen LogP contribution in [-0.4, -0.2) is 43.8 Å². The van der Waals surface area contributed by atoms with Gasteiger partial charge in [0.05, 0.1) is 0 Å². The molecule has 5 heteroatoms. The molecule has 0 bridgehead atoms. The lowest BCUT2D eigenvalue weighted by atomic mass is 10.0. The van der Waals surface area contributed by atoms with Crippen molar-refractivity contribution < 1.29 is 4.74 Å². The van der Waals surface area contributed by atoms with E-state index in [4.69, 9.17) is 4.74 Å². The van der Waals surface area contributed by atoms with E-state index in [0.717, 1.165) is 44.2 Å². The van der Waals surface area contributed by atoms with Crippen LogP contribution in [0, 0.1) is 5.92 Å². The fourth-order valence-electron chi connectivity index (χ4n) is 1.89. The van der Waals surface area contributed by atoms with E-state index in [-0.39, 0.29) is 0 Å². The normalized spacial score (nSPS) is 16.8. The summed E-state index contributed by atoms with van der Waals surface area (Å²) in [7, 11) is 3.95. The summed E-state index contributed by atoms with van der Waals surface area (Å²) in [6.07, 6.45) is 3.87. The molecule has 0 unspecified atom stereocenters. The standard InChI is InChI=1S/C12H20N4O/c1-16(2)12-7-11(14-9-15-12)13-8-10-3-5-17-6-4-10/h7,9-10H,3-6,8H2,1-2H3,(H,13,14,15). The molecule has 0 amide bonds. The highest BCUT2D eigenvalue weighted by Crippen LogP contribution is 2.16. The third-order valence-electron chi connectivity index (χ3n) is 3.02. The monoisotopic (exact) mass is 236 g/mol. The molecule has 1 saturated heterocycles. The van der Waals surface area contributed by atoms with E-state index >= 15 is 0 Å². The summed E-state index contributed by atoms with van der Waals surface area (Å²) in [5.41, 5.74) is 0. The third-order valence-corrected chi connectivity index (χ3v) is 3.02. The Hall–Kier alpha value is -1.36. The molecule has 1 aromatic heterocycles. The van der Waals surface area contributed by atoms with Crippen molar-refractivity contribution in [3.05, 3.63) is 12.4 Å². The quantitative estimate of drug-likeness (QED) is 0.856. The Morgan fingerprint density at radius 3 is 2.82 bits per heavy atom. The van der Waals surface area contributed by atoms with Gasteiger partial charge in [0, 0.05) is 39.9 Å². The highest BCUT2D eigenvalue weighted by atomic mass is 16.5. The van der Waals surface area contributed by atoms with E-state index in [1.54, 1.807) is 6.33 Å². The fraction of sp³-hybridized carbons (Fsp3) is 0.667. The Bertz CT molecular complexity index is 350. The second-order valence-corrected chi connectivity index (χ2v) is 4.59. The van der Waals surface area contributed by atoms with Crippen molar-refractivity contribution in [2.45, 2.75) is 12.8 Å². The van der Waals surface area contributed by atoms with Crippen molar-refractivity contribution >= 4 is 11.6 Å². The largest absolute Gasteiger partial charge is 0.381 e. The number of anilines is 2. The summed E-state index contributed by atoms with van der Waals surface area (Å²) in [4.78, 5) is 10.4. The molecule has 5 nitrogen and oxygen atoms in total. The molecule has 0 saturated carbocycles. The molecule has 2 rings (SSSR count). The minimum Gasteiger partial charge on any atom is -0.381 e. The average molecular weight is 236 g/mol. The van der Waals surface area contributed by atoms with Crippen LogP contribution in [0.15, 0.2) is 12.4 Å². The number of aromatic nitrogens is 2. The van der Waals surface area contributed by atoms with Gasteiger partial charge in [-0.3, -0.25) is 0 Å². The summed E-state index contributed by atoms with van der Waals surface area (Å²) in [5.74, 6) is 2.52. The summed E-state index contributed by atoms with van der Waals surface area (Å²) < 4.78 is 5.34. The predicted molar refractivity (Wildman–Crippen MR) is 68.4 cm³/mol. The Morgan fingerprint density at radius 1 is 1.35 bits per heavy atom.